The Hall–Kier alpha value is -1.12. The number of pyridine rings is 1. The predicted molar refractivity (Wildman–Crippen MR) is 87.7 cm³/mol. The van der Waals surface area contributed by atoms with Crippen LogP contribution in [0.4, 0.5) is 5.82 Å². The number of hydrogen-bond acceptors (Lipinski definition) is 5. The van der Waals surface area contributed by atoms with Crippen molar-refractivity contribution < 1.29 is 17.7 Å². The molecule has 0 amide bonds. The summed E-state index contributed by atoms with van der Waals surface area (Å²) in [4.78, 5) is 4.14. The lowest BCUT2D eigenvalue weighted by atomic mass is 9.80. The van der Waals surface area contributed by atoms with Gasteiger partial charge in [-0.1, -0.05) is 13.0 Å². The van der Waals surface area contributed by atoms with Crippen molar-refractivity contribution in [2.75, 3.05) is 10.5 Å². The summed E-state index contributed by atoms with van der Waals surface area (Å²) in [5.74, 6) is 0.377. The SMILES string of the molecule is CCCS(=O)(=O)Nc1ccc(B2OC(C)(C)C(C)(C)O2)cn1. The Bertz CT molecular complexity index is 613. The van der Waals surface area contributed by atoms with E-state index in [1.807, 2.05) is 34.6 Å². The van der Waals surface area contributed by atoms with Crippen LogP contribution in [0, 0.1) is 0 Å². The highest BCUT2D eigenvalue weighted by atomic mass is 32.2. The average molecular weight is 326 g/mol. The van der Waals surface area contributed by atoms with Crippen LogP contribution in [0.25, 0.3) is 0 Å². The molecular formula is C14H23BN2O4S. The molecule has 1 saturated heterocycles. The zero-order chi connectivity index (χ0) is 16.6. The first-order valence-corrected chi connectivity index (χ1v) is 9.03. The van der Waals surface area contributed by atoms with Gasteiger partial charge in [0.15, 0.2) is 0 Å². The van der Waals surface area contributed by atoms with Crippen molar-refractivity contribution in [3.05, 3.63) is 18.3 Å². The Morgan fingerprint density at radius 2 is 1.77 bits per heavy atom. The molecule has 1 aliphatic rings. The Labute approximate surface area is 132 Å². The van der Waals surface area contributed by atoms with Crippen molar-refractivity contribution in [2.45, 2.75) is 52.2 Å². The Kier molecular flexibility index (Phi) is 4.57. The Morgan fingerprint density at radius 1 is 1.18 bits per heavy atom. The van der Waals surface area contributed by atoms with E-state index in [0.29, 0.717) is 12.2 Å². The van der Waals surface area contributed by atoms with Crippen molar-refractivity contribution >= 4 is 28.4 Å². The second kappa shape index (κ2) is 5.83. The van der Waals surface area contributed by atoms with Gasteiger partial charge in [0, 0.05) is 11.7 Å². The molecule has 0 aromatic carbocycles. The molecule has 8 heteroatoms. The summed E-state index contributed by atoms with van der Waals surface area (Å²) >= 11 is 0. The molecule has 1 N–H and O–H groups in total. The molecule has 0 unspecified atom stereocenters. The second-order valence-corrected chi connectivity index (χ2v) is 8.33. The van der Waals surface area contributed by atoms with E-state index in [1.165, 1.54) is 0 Å². The minimum Gasteiger partial charge on any atom is -0.399 e. The first-order chi connectivity index (χ1) is 10.1. The first-order valence-electron chi connectivity index (χ1n) is 7.38. The number of sulfonamides is 1. The second-order valence-electron chi connectivity index (χ2n) is 6.49. The summed E-state index contributed by atoms with van der Waals surface area (Å²) in [6.07, 6.45) is 2.13. The van der Waals surface area contributed by atoms with Crippen molar-refractivity contribution in [1.82, 2.24) is 4.98 Å². The van der Waals surface area contributed by atoms with Crippen LogP contribution in [0.5, 0.6) is 0 Å². The minimum absolute atomic E-state index is 0.0770. The van der Waals surface area contributed by atoms with Crippen LogP contribution >= 0.6 is 0 Å². The summed E-state index contributed by atoms with van der Waals surface area (Å²) in [6.45, 7) is 9.73. The lowest BCUT2D eigenvalue weighted by Crippen LogP contribution is -2.41. The van der Waals surface area contributed by atoms with Gasteiger partial charge < -0.3 is 9.31 Å². The highest BCUT2D eigenvalue weighted by molar-refractivity contribution is 7.92. The van der Waals surface area contributed by atoms with Gasteiger partial charge in [0.05, 0.1) is 17.0 Å². The van der Waals surface area contributed by atoms with Gasteiger partial charge in [-0.3, -0.25) is 4.72 Å². The molecule has 0 spiro atoms. The van der Waals surface area contributed by atoms with Gasteiger partial charge in [0.1, 0.15) is 5.82 Å². The summed E-state index contributed by atoms with van der Waals surface area (Å²) in [6, 6.07) is 3.38. The minimum atomic E-state index is -3.33. The van der Waals surface area contributed by atoms with Crippen molar-refractivity contribution in [3.63, 3.8) is 0 Å². The number of anilines is 1. The standard InChI is InChI=1S/C14H23BN2O4S/c1-6-9-22(18,19)17-12-8-7-11(10-16-12)15-20-13(2,3)14(4,5)21-15/h7-8,10H,6,9H2,1-5H3,(H,16,17). The largest absolute Gasteiger partial charge is 0.496 e. The number of nitrogens with zero attached hydrogens (tertiary/aromatic N) is 1. The van der Waals surface area contributed by atoms with E-state index < -0.39 is 28.3 Å². The maximum atomic E-state index is 11.7. The van der Waals surface area contributed by atoms with Crippen molar-refractivity contribution in [3.8, 4) is 0 Å². The van der Waals surface area contributed by atoms with E-state index in [4.69, 9.17) is 9.31 Å². The summed E-state index contributed by atoms with van der Waals surface area (Å²) in [7, 11) is -3.83. The Morgan fingerprint density at radius 3 is 2.23 bits per heavy atom. The normalized spacial score (nSPS) is 20.1. The van der Waals surface area contributed by atoms with Gasteiger partial charge in [-0.15, -0.1) is 0 Å². The third-order valence-electron chi connectivity index (χ3n) is 4.04. The maximum absolute atomic E-state index is 11.7. The fourth-order valence-corrected chi connectivity index (χ4v) is 3.14. The smallest absolute Gasteiger partial charge is 0.399 e. The monoisotopic (exact) mass is 326 g/mol. The third kappa shape index (κ3) is 3.61. The summed E-state index contributed by atoms with van der Waals surface area (Å²) < 4.78 is 37.7. The van der Waals surface area contributed by atoms with E-state index in [9.17, 15) is 8.42 Å². The Balaban J connectivity index is 2.11. The van der Waals surface area contributed by atoms with Gasteiger partial charge in [-0.05, 0) is 40.2 Å². The molecule has 0 radical (unpaired) electrons. The van der Waals surface area contributed by atoms with Crippen LogP contribution in [0.3, 0.4) is 0 Å². The zero-order valence-corrected chi connectivity index (χ0v) is 14.5. The maximum Gasteiger partial charge on any atom is 0.496 e. The van der Waals surface area contributed by atoms with Gasteiger partial charge in [-0.25, -0.2) is 13.4 Å². The van der Waals surface area contributed by atoms with E-state index in [2.05, 4.69) is 9.71 Å². The molecule has 1 aromatic rings. The highest BCUT2D eigenvalue weighted by Gasteiger charge is 2.51. The molecular weight excluding hydrogens is 303 g/mol. The third-order valence-corrected chi connectivity index (χ3v) is 5.51. The van der Waals surface area contributed by atoms with E-state index in [0.717, 1.165) is 5.46 Å². The van der Waals surface area contributed by atoms with Gasteiger partial charge >= 0.3 is 7.12 Å². The highest BCUT2D eigenvalue weighted by Crippen LogP contribution is 2.36. The van der Waals surface area contributed by atoms with Crippen LogP contribution in [-0.2, 0) is 19.3 Å². The first kappa shape index (κ1) is 17.2. The van der Waals surface area contributed by atoms with Gasteiger partial charge in [0.25, 0.3) is 0 Å². The zero-order valence-electron chi connectivity index (χ0n) is 13.7. The average Bonchev–Trinajstić information content (AvgIpc) is 2.58. The molecule has 0 saturated carbocycles. The molecule has 2 rings (SSSR count). The molecule has 2 heterocycles. The molecule has 1 aromatic heterocycles. The number of nitrogens with one attached hydrogen (secondary N) is 1. The van der Waals surface area contributed by atoms with Crippen LogP contribution in [0.1, 0.15) is 41.0 Å². The fourth-order valence-electron chi connectivity index (χ4n) is 2.06. The van der Waals surface area contributed by atoms with E-state index in [-0.39, 0.29) is 5.75 Å². The van der Waals surface area contributed by atoms with Crippen molar-refractivity contribution in [2.24, 2.45) is 0 Å². The molecule has 0 aliphatic carbocycles. The quantitative estimate of drug-likeness (QED) is 0.831. The van der Waals surface area contributed by atoms with Crippen LogP contribution in [0.15, 0.2) is 18.3 Å². The van der Waals surface area contributed by atoms with Crippen LogP contribution in [0.2, 0.25) is 0 Å². The van der Waals surface area contributed by atoms with E-state index >= 15 is 0 Å². The molecule has 1 aliphatic heterocycles. The predicted octanol–water partition coefficient (Wildman–Crippen LogP) is 1.53. The van der Waals surface area contributed by atoms with E-state index in [1.54, 1.807) is 18.3 Å². The van der Waals surface area contributed by atoms with Crippen LogP contribution < -0.4 is 10.2 Å². The summed E-state index contributed by atoms with van der Waals surface area (Å²) in [5, 5.41) is 0. The molecule has 22 heavy (non-hydrogen) atoms. The van der Waals surface area contributed by atoms with Gasteiger partial charge in [0.2, 0.25) is 10.0 Å². The van der Waals surface area contributed by atoms with Gasteiger partial charge in [-0.2, -0.15) is 0 Å². The number of rotatable bonds is 5. The number of hydrogen-bond donors (Lipinski definition) is 1. The molecule has 122 valence electrons. The van der Waals surface area contributed by atoms with Crippen molar-refractivity contribution in [1.29, 1.82) is 0 Å². The molecule has 0 bridgehead atoms. The topological polar surface area (TPSA) is 77.5 Å². The lowest BCUT2D eigenvalue weighted by molar-refractivity contribution is 0.00578. The lowest BCUT2D eigenvalue weighted by Gasteiger charge is -2.32. The molecule has 6 nitrogen and oxygen atoms in total. The number of aromatic nitrogens is 1. The molecule has 1 fully saturated rings. The van der Waals surface area contributed by atoms with Crippen LogP contribution in [-0.4, -0.2) is 37.5 Å². The fraction of sp³-hybridized carbons (Fsp3) is 0.643. The summed E-state index contributed by atoms with van der Waals surface area (Å²) in [5.41, 5.74) is -0.0740. The molecule has 0 atom stereocenters.